The van der Waals surface area contributed by atoms with Crippen molar-refractivity contribution in [1.29, 1.82) is 0 Å². The average Bonchev–Trinajstić information content (AvgIpc) is 3.59. The predicted octanol–water partition coefficient (Wildman–Crippen LogP) is 5.47. The summed E-state index contributed by atoms with van der Waals surface area (Å²) in [6.07, 6.45) is 5.58. The minimum Gasteiger partial charge on any atom is -0.381 e. The van der Waals surface area contributed by atoms with Crippen molar-refractivity contribution in [3.8, 4) is 0 Å². The van der Waals surface area contributed by atoms with Gasteiger partial charge in [-0.2, -0.15) is 0 Å². The number of nitrogens with one attached hydrogen (secondary N) is 1. The molecule has 2 atom stereocenters. The predicted molar refractivity (Wildman–Crippen MR) is 161 cm³/mol. The molecule has 40 heavy (non-hydrogen) atoms. The van der Waals surface area contributed by atoms with Crippen molar-refractivity contribution in [3.63, 3.8) is 0 Å². The number of ketones is 2. The monoisotopic (exact) mass is 567 g/mol. The summed E-state index contributed by atoms with van der Waals surface area (Å²) < 4.78 is 6.68. The molecule has 8 heteroatoms. The van der Waals surface area contributed by atoms with Gasteiger partial charge in [0.15, 0.2) is 5.78 Å². The van der Waals surface area contributed by atoms with E-state index < -0.39 is 5.92 Å². The van der Waals surface area contributed by atoms with E-state index in [1.807, 2.05) is 6.07 Å². The number of thiazole rings is 1. The second kappa shape index (κ2) is 14.5. The second-order valence-corrected chi connectivity index (χ2v) is 13.0. The molecule has 218 valence electrons. The molecule has 2 fully saturated rings. The summed E-state index contributed by atoms with van der Waals surface area (Å²) in [7, 11) is 0. The zero-order valence-corrected chi connectivity index (χ0v) is 25.2. The van der Waals surface area contributed by atoms with Gasteiger partial charge in [-0.3, -0.25) is 14.5 Å². The van der Waals surface area contributed by atoms with E-state index >= 15 is 0 Å². The van der Waals surface area contributed by atoms with Crippen molar-refractivity contribution in [2.45, 2.75) is 84.1 Å². The summed E-state index contributed by atoms with van der Waals surface area (Å²) in [5.41, 5.74) is 2.85. The molecule has 0 bridgehead atoms. The standard InChI is InChI=1S/C32H45N3O4S/c1-21(2)25-7-8-28-30(18-25)40-31(33-28)19-26(17-23(4)36)32(38)34-27(24-11-15-39-16-12-24)9-10-29(37)22(3)20-35-13-5-6-14-35/h7-8,18,21,24,26-27H,3,5-6,9-17,19-20H2,1-2,4H3,(H,34,38)/t26-,27+/m0/s1. The van der Waals surface area contributed by atoms with E-state index in [9.17, 15) is 14.4 Å². The number of amides is 1. The van der Waals surface area contributed by atoms with E-state index in [0.717, 1.165) is 41.2 Å². The number of carbonyl (C=O) groups is 3. The van der Waals surface area contributed by atoms with Crippen molar-refractivity contribution in [3.05, 3.63) is 40.9 Å². The molecule has 4 rings (SSSR count). The van der Waals surface area contributed by atoms with Crippen LogP contribution in [-0.2, 0) is 25.5 Å². The van der Waals surface area contributed by atoms with E-state index in [0.29, 0.717) is 50.5 Å². The topological polar surface area (TPSA) is 88.6 Å². The van der Waals surface area contributed by atoms with Crippen LogP contribution in [0.25, 0.3) is 10.2 Å². The Balaban J connectivity index is 1.43. The number of hydrogen-bond acceptors (Lipinski definition) is 7. The van der Waals surface area contributed by atoms with Gasteiger partial charge in [-0.1, -0.05) is 26.5 Å². The Kier molecular flexibility index (Phi) is 11.0. The van der Waals surface area contributed by atoms with Crippen LogP contribution in [0, 0.1) is 11.8 Å². The van der Waals surface area contributed by atoms with Gasteiger partial charge in [-0.25, -0.2) is 4.98 Å². The Hall–Kier alpha value is -2.42. The van der Waals surface area contributed by atoms with Crippen LogP contribution in [-0.4, -0.2) is 66.2 Å². The van der Waals surface area contributed by atoms with Crippen LogP contribution in [0.15, 0.2) is 30.4 Å². The summed E-state index contributed by atoms with van der Waals surface area (Å²) in [6, 6.07) is 6.19. The van der Waals surface area contributed by atoms with Gasteiger partial charge in [-0.05, 0) is 81.6 Å². The average molecular weight is 568 g/mol. The number of carbonyl (C=O) groups excluding carboxylic acids is 3. The van der Waals surface area contributed by atoms with E-state index in [4.69, 9.17) is 9.72 Å². The van der Waals surface area contributed by atoms with E-state index in [-0.39, 0.29) is 35.9 Å². The Labute approximate surface area is 242 Å². The SMILES string of the molecule is C=C(CN1CCCC1)C(=O)CC[C@@H](NC(=O)[C@@H](CC(C)=O)Cc1nc2ccc(C(C)C)cc2s1)C1CCOCC1. The molecule has 2 saturated heterocycles. The maximum atomic E-state index is 13.7. The first kappa shape index (κ1) is 30.5. The molecule has 1 N–H and O–H groups in total. The molecule has 1 aromatic heterocycles. The smallest absolute Gasteiger partial charge is 0.224 e. The number of nitrogens with zero attached hydrogens (tertiary/aromatic N) is 2. The quantitative estimate of drug-likeness (QED) is 0.305. The van der Waals surface area contributed by atoms with Gasteiger partial charge in [0.1, 0.15) is 5.78 Å². The number of Topliss-reactive ketones (excluding diaryl/α,β-unsaturated/α-hetero) is 2. The highest BCUT2D eigenvalue weighted by Crippen LogP contribution is 2.29. The highest BCUT2D eigenvalue weighted by molar-refractivity contribution is 7.18. The normalized spacial score (nSPS) is 18.2. The van der Waals surface area contributed by atoms with Crippen LogP contribution in [0.4, 0.5) is 0 Å². The Morgan fingerprint density at radius 1 is 1.18 bits per heavy atom. The Morgan fingerprint density at radius 3 is 2.58 bits per heavy atom. The van der Waals surface area contributed by atoms with Gasteiger partial charge in [-0.15, -0.1) is 11.3 Å². The first-order valence-corrected chi connectivity index (χ1v) is 15.7. The van der Waals surface area contributed by atoms with Crippen LogP contribution < -0.4 is 5.32 Å². The number of benzene rings is 1. The maximum Gasteiger partial charge on any atom is 0.224 e. The van der Waals surface area contributed by atoms with Crippen LogP contribution in [0.3, 0.4) is 0 Å². The molecule has 3 heterocycles. The molecule has 0 aliphatic carbocycles. The molecular weight excluding hydrogens is 522 g/mol. The summed E-state index contributed by atoms with van der Waals surface area (Å²) in [6.45, 7) is 13.9. The van der Waals surface area contributed by atoms with Crippen molar-refractivity contribution < 1.29 is 19.1 Å². The largest absolute Gasteiger partial charge is 0.381 e. The lowest BCUT2D eigenvalue weighted by atomic mass is 9.87. The number of fused-ring (bicyclic) bond motifs is 1. The molecule has 7 nitrogen and oxygen atoms in total. The third-order valence-corrected chi connectivity index (χ3v) is 9.34. The van der Waals surface area contributed by atoms with Crippen LogP contribution >= 0.6 is 11.3 Å². The minimum absolute atomic E-state index is 0.0145. The number of likely N-dealkylation sites (tertiary alicyclic amines) is 1. The second-order valence-electron chi connectivity index (χ2n) is 11.9. The number of rotatable bonds is 14. The summed E-state index contributed by atoms with van der Waals surface area (Å²) in [4.78, 5) is 45.9. The highest BCUT2D eigenvalue weighted by atomic mass is 32.1. The molecule has 0 spiro atoms. The number of ether oxygens (including phenoxy) is 1. The van der Waals surface area contributed by atoms with Gasteiger partial charge >= 0.3 is 0 Å². The number of aromatic nitrogens is 1. The third-order valence-electron chi connectivity index (χ3n) is 8.30. The number of hydrogen-bond donors (Lipinski definition) is 1. The molecule has 1 amide bonds. The Morgan fingerprint density at radius 2 is 1.90 bits per heavy atom. The molecular formula is C32H45N3O4S. The molecule has 0 unspecified atom stereocenters. The van der Waals surface area contributed by atoms with Crippen molar-refractivity contribution in [1.82, 2.24) is 15.2 Å². The lowest BCUT2D eigenvalue weighted by molar-refractivity contribution is -0.130. The van der Waals surface area contributed by atoms with Crippen molar-refractivity contribution in [2.24, 2.45) is 11.8 Å². The fourth-order valence-electron chi connectivity index (χ4n) is 5.86. The van der Waals surface area contributed by atoms with Gasteiger partial charge < -0.3 is 14.8 Å². The molecule has 1 aromatic carbocycles. The third kappa shape index (κ3) is 8.54. The lowest BCUT2D eigenvalue weighted by Crippen LogP contribution is -2.45. The summed E-state index contributed by atoms with van der Waals surface area (Å²) in [5.74, 6) is 0.112. The van der Waals surface area contributed by atoms with Crippen LogP contribution in [0.5, 0.6) is 0 Å². The lowest BCUT2D eigenvalue weighted by Gasteiger charge is -2.32. The van der Waals surface area contributed by atoms with Gasteiger partial charge in [0.25, 0.3) is 0 Å². The highest BCUT2D eigenvalue weighted by Gasteiger charge is 2.30. The van der Waals surface area contributed by atoms with Crippen LogP contribution in [0.1, 0.15) is 82.2 Å². The fraction of sp³-hybridized carbons (Fsp3) is 0.625. The van der Waals surface area contributed by atoms with Gasteiger partial charge in [0.05, 0.1) is 21.1 Å². The van der Waals surface area contributed by atoms with Gasteiger partial charge in [0, 0.05) is 50.6 Å². The summed E-state index contributed by atoms with van der Waals surface area (Å²) in [5, 5.41) is 4.14. The van der Waals surface area contributed by atoms with Crippen molar-refractivity contribution >= 4 is 39.0 Å². The first-order chi connectivity index (χ1) is 19.2. The minimum atomic E-state index is -0.495. The summed E-state index contributed by atoms with van der Waals surface area (Å²) >= 11 is 1.60. The van der Waals surface area contributed by atoms with E-state index in [1.165, 1.54) is 25.3 Å². The Bertz CT molecular complexity index is 1190. The zero-order chi connectivity index (χ0) is 28.6. The molecule has 0 radical (unpaired) electrons. The fourth-order valence-corrected chi connectivity index (χ4v) is 6.95. The zero-order valence-electron chi connectivity index (χ0n) is 24.4. The van der Waals surface area contributed by atoms with Crippen LogP contribution in [0.2, 0.25) is 0 Å². The van der Waals surface area contributed by atoms with Crippen molar-refractivity contribution in [2.75, 3.05) is 32.8 Å². The first-order valence-electron chi connectivity index (χ1n) is 14.9. The molecule has 2 aliphatic heterocycles. The molecule has 2 aliphatic rings. The van der Waals surface area contributed by atoms with E-state index in [2.05, 4.69) is 42.8 Å². The molecule has 0 saturated carbocycles. The van der Waals surface area contributed by atoms with Gasteiger partial charge in [0.2, 0.25) is 5.91 Å². The molecule has 2 aromatic rings. The maximum absolute atomic E-state index is 13.7. The van der Waals surface area contributed by atoms with E-state index in [1.54, 1.807) is 11.3 Å².